The molecule has 1 heterocycles. The highest BCUT2D eigenvalue weighted by molar-refractivity contribution is 5.96. The maximum atomic E-state index is 13.7. The molecule has 2 aromatic carbocycles. The number of aldehydes is 1. The molecule has 0 unspecified atom stereocenters. The van der Waals surface area contributed by atoms with Crippen molar-refractivity contribution in [3.05, 3.63) is 66.2 Å². The van der Waals surface area contributed by atoms with Crippen molar-refractivity contribution in [3.8, 4) is 11.1 Å². The highest BCUT2D eigenvalue weighted by Crippen LogP contribution is 2.28. The second-order valence-electron chi connectivity index (χ2n) is 4.26. The van der Waals surface area contributed by atoms with E-state index in [1.165, 1.54) is 12.1 Å². The van der Waals surface area contributed by atoms with Gasteiger partial charge in [-0.15, -0.1) is 0 Å². The quantitative estimate of drug-likeness (QED) is 0.647. The van der Waals surface area contributed by atoms with Gasteiger partial charge < -0.3 is 0 Å². The fraction of sp³-hybridized carbons (Fsp3) is 0. The normalized spacial score (nSPS) is 10.6. The van der Waals surface area contributed by atoms with Crippen molar-refractivity contribution < 1.29 is 9.18 Å². The molecule has 3 heteroatoms. The number of hydrogen-bond acceptors (Lipinski definition) is 2. The second-order valence-corrected chi connectivity index (χ2v) is 4.26. The van der Waals surface area contributed by atoms with E-state index in [4.69, 9.17) is 0 Å². The van der Waals surface area contributed by atoms with E-state index in [1.807, 2.05) is 24.3 Å². The Morgan fingerprint density at radius 3 is 2.68 bits per heavy atom. The van der Waals surface area contributed by atoms with Crippen LogP contribution in [0.2, 0.25) is 0 Å². The van der Waals surface area contributed by atoms with Crippen molar-refractivity contribution >= 4 is 17.1 Å². The van der Waals surface area contributed by atoms with Crippen LogP contribution in [0, 0.1) is 5.82 Å². The molecule has 1 aromatic heterocycles. The van der Waals surface area contributed by atoms with E-state index in [-0.39, 0.29) is 5.56 Å². The molecule has 19 heavy (non-hydrogen) atoms. The van der Waals surface area contributed by atoms with Gasteiger partial charge in [-0.25, -0.2) is 4.39 Å². The van der Waals surface area contributed by atoms with Gasteiger partial charge in [-0.2, -0.15) is 0 Å². The monoisotopic (exact) mass is 251 g/mol. The summed E-state index contributed by atoms with van der Waals surface area (Å²) in [6, 6.07) is 12.4. The molecule has 0 fully saturated rings. The Hall–Kier alpha value is -2.55. The summed E-state index contributed by atoms with van der Waals surface area (Å²) in [7, 11) is 0. The zero-order chi connectivity index (χ0) is 13.2. The predicted octanol–water partition coefficient (Wildman–Crippen LogP) is 3.85. The summed E-state index contributed by atoms with van der Waals surface area (Å²) >= 11 is 0. The predicted molar refractivity (Wildman–Crippen MR) is 72.5 cm³/mol. The van der Waals surface area contributed by atoms with Gasteiger partial charge in [0, 0.05) is 23.3 Å². The molecule has 3 rings (SSSR count). The molecular weight excluding hydrogens is 241 g/mol. The van der Waals surface area contributed by atoms with Gasteiger partial charge in [0.15, 0.2) is 6.29 Å². The molecule has 0 saturated carbocycles. The molecule has 0 saturated heterocycles. The Morgan fingerprint density at radius 2 is 1.89 bits per heavy atom. The summed E-state index contributed by atoms with van der Waals surface area (Å²) in [6.07, 6.45) is 3.99. The van der Waals surface area contributed by atoms with Gasteiger partial charge in [0.25, 0.3) is 0 Å². The molecule has 0 atom stereocenters. The SMILES string of the molecule is O=Cc1ccc(-c2cncc3ccccc23)cc1F. The van der Waals surface area contributed by atoms with Crippen molar-refractivity contribution in [2.45, 2.75) is 0 Å². The third kappa shape index (κ3) is 1.99. The van der Waals surface area contributed by atoms with Crippen molar-refractivity contribution in [2.24, 2.45) is 0 Å². The first-order valence-corrected chi connectivity index (χ1v) is 5.87. The smallest absolute Gasteiger partial charge is 0.152 e. The fourth-order valence-corrected chi connectivity index (χ4v) is 2.14. The van der Waals surface area contributed by atoms with Crippen LogP contribution in [-0.4, -0.2) is 11.3 Å². The van der Waals surface area contributed by atoms with E-state index in [1.54, 1.807) is 18.5 Å². The van der Waals surface area contributed by atoms with E-state index in [9.17, 15) is 9.18 Å². The number of carbonyl (C=O) groups excluding carboxylic acids is 1. The van der Waals surface area contributed by atoms with Crippen LogP contribution in [0.15, 0.2) is 54.9 Å². The summed E-state index contributed by atoms with van der Waals surface area (Å²) in [5.74, 6) is -0.513. The topological polar surface area (TPSA) is 30.0 Å². The molecule has 0 aliphatic rings. The Labute approximate surface area is 109 Å². The summed E-state index contributed by atoms with van der Waals surface area (Å²) < 4.78 is 13.7. The largest absolute Gasteiger partial charge is 0.298 e. The van der Waals surface area contributed by atoms with Gasteiger partial charge in [-0.05, 0) is 23.1 Å². The maximum Gasteiger partial charge on any atom is 0.152 e. The van der Waals surface area contributed by atoms with Gasteiger partial charge in [-0.3, -0.25) is 9.78 Å². The molecule has 92 valence electrons. The van der Waals surface area contributed by atoms with E-state index in [0.29, 0.717) is 11.8 Å². The molecule has 0 aliphatic carbocycles. The third-order valence-corrected chi connectivity index (χ3v) is 3.11. The highest BCUT2D eigenvalue weighted by Gasteiger charge is 2.07. The number of carbonyl (C=O) groups is 1. The lowest BCUT2D eigenvalue weighted by Gasteiger charge is -2.06. The average molecular weight is 251 g/mol. The lowest BCUT2D eigenvalue weighted by atomic mass is 10.00. The summed E-state index contributed by atoms with van der Waals surface area (Å²) in [5, 5.41) is 2.01. The number of hydrogen-bond donors (Lipinski definition) is 0. The van der Waals surface area contributed by atoms with Crippen LogP contribution in [0.25, 0.3) is 21.9 Å². The van der Waals surface area contributed by atoms with Gasteiger partial charge in [0.05, 0.1) is 5.56 Å². The average Bonchev–Trinajstić information content (AvgIpc) is 2.46. The minimum absolute atomic E-state index is 0.0666. The molecule has 2 nitrogen and oxygen atoms in total. The molecule has 0 N–H and O–H groups in total. The molecule has 0 radical (unpaired) electrons. The summed E-state index contributed by atoms with van der Waals surface area (Å²) in [6.45, 7) is 0. The van der Waals surface area contributed by atoms with E-state index >= 15 is 0 Å². The van der Waals surface area contributed by atoms with Crippen LogP contribution >= 0.6 is 0 Å². The van der Waals surface area contributed by atoms with Crippen molar-refractivity contribution in [3.63, 3.8) is 0 Å². The van der Waals surface area contributed by atoms with Crippen LogP contribution in [-0.2, 0) is 0 Å². The third-order valence-electron chi connectivity index (χ3n) is 3.11. The Morgan fingerprint density at radius 1 is 1.05 bits per heavy atom. The van der Waals surface area contributed by atoms with Crippen LogP contribution in [0.3, 0.4) is 0 Å². The van der Waals surface area contributed by atoms with Gasteiger partial charge >= 0.3 is 0 Å². The Bertz CT molecular complexity index is 762. The number of fused-ring (bicyclic) bond motifs is 1. The fourth-order valence-electron chi connectivity index (χ4n) is 2.14. The number of aromatic nitrogens is 1. The first kappa shape index (κ1) is 11.5. The molecule has 0 aliphatic heterocycles. The van der Waals surface area contributed by atoms with Gasteiger partial charge in [0.2, 0.25) is 0 Å². The lowest BCUT2D eigenvalue weighted by molar-refractivity contribution is 0.112. The number of benzene rings is 2. The lowest BCUT2D eigenvalue weighted by Crippen LogP contribution is -1.90. The number of rotatable bonds is 2. The minimum Gasteiger partial charge on any atom is -0.298 e. The first-order valence-electron chi connectivity index (χ1n) is 5.87. The van der Waals surface area contributed by atoms with E-state index in [0.717, 1.165) is 16.3 Å². The first-order chi connectivity index (χ1) is 9.29. The number of halogens is 1. The molecule has 0 amide bonds. The Kier molecular flexibility index (Phi) is 2.80. The molecule has 3 aromatic rings. The summed E-state index contributed by atoms with van der Waals surface area (Å²) in [5.41, 5.74) is 1.64. The maximum absolute atomic E-state index is 13.7. The van der Waals surface area contributed by atoms with Crippen molar-refractivity contribution in [2.75, 3.05) is 0 Å². The van der Waals surface area contributed by atoms with Crippen molar-refractivity contribution in [1.29, 1.82) is 0 Å². The van der Waals surface area contributed by atoms with Gasteiger partial charge in [-0.1, -0.05) is 30.3 Å². The zero-order valence-corrected chi connectivity index (χ0v) is 10.0. The van der Waals surface area contributed by atoms with E-state index in [2.05, 4.69) is 4.98 Å². The standard InChI is InChI=1S/C16H10FNO/c17-16-7-11(5-6-13(16)10-19)15-9-18-8-12-3-1-2-4-14(12)15/h1-10H. The second kappa shape index (κ2) is 4.61. The molecule has 0 spiro atoms. The summed E-state index contributed by atoms with van der Waals surface area (Å²) in [4.78, 5) is 14.8. The highest BCUT2D eigenvalue weighted by atomic mass is 19.1. The van der Waals surface area contributed by atoms with Crippen LogP contribution in [0.1, 0.15) is 10.4 Å². The van der Waals surface area contributed by atoms with Crippen LogP contribution < -0.4 is 0 Å². The molecular formula is C16H10FNO. The number of pyridine rings is 1. The number of nitrogens with zero attached hydrogens (tertiary/aromatic N) is 1. The minimum atomic E-state index is -0.513. The van der Waals surface area contributed by atoms with E-state index < -0.39 is 5.82 Å². The molecule has 0 bridgehead atoms. The zero-order valence-electron chi connectivity index (χ0n) is 10.0. The van der Waals surface area contributed by atoms with Crippen LogP contribution in [0.4, 0.5) is 4.39 Å². The van der Waals surface area contributed by atoms with Gasteiger partial charge in [0.1, 0.15) is 5.82 Å². The van der Waals surface area contributed by atoms with Crippen LogP contribution in [0.5, 0.6) is 0 Å². The van der Waals surface area contributed by atoms with Crippen molar-refractivity contribution in [1.82, 2.24) is 4.98 Å². The Balaban J connectivity index is 2.24.